The predicted molar refractivity (Wildman–Crippen MR) is 119 cm³/mol. The molecule has 0 aliphatic rings. The molecule has 1 nitrogen and oxygen atoms in total. The minimum atomic E-state index is -1.53. The molecule has 0 heterocycles. The van der Waals surface area contributed by atoms with Crippen LogP contribution in [0.5, 0.6) is 5.75 Å². The molecule has 0 aromatic heterocycles. The third-order valence-corrected chi connectivity index (χ3v) is 5.38. The van der Waals surface area contributed by atoms with Gasteiger partial charge in [0.25, 0.3) is 0 Å². The van der Waals surface area contributed by atoms with Crippen LogP contribution < -0.4 is 4.74 Å². The highest BCUT2D eigenvalue weighted by Gasteiger charge is 2.14. The summed E-state index contributed by atoms with van der Waals surface area (Å²) in [5, 5.41) is 0.929. The zero-order valence-corrected chi connectivity index (χ0v) is 17.5. The third kappa shape index (κ3) is 4.75. The van der Waals surface area contributed by atoms with Crippen molar-refractivity contribution >= 4 is 10.8 Å². The van der Waals surface area contributed by atoms with Gasteiger partial charge >= 0.3 is 0 Å². The fourth-order valence-electron chi connectivity index (χ4n) is 3.70. The molecule has 6 heteroatoms. The number of ether oxygens (including phenoxy) is 1. The minimum absolute atomic E-state index is 0.139. The normalized spacial score (nSPS) is 11.1. The molecule has 0 spiro atoms. The Labute approximate surface area is 187 Å². The Morgan fingerprint density at radius 3 is 2.18 bits per heavy atom. The van der Waals surface area contributed by atoms with Crippen molar-refractivity contribution in [3.63, 3.8) is 0 Å². The summed E-state index contributed by atoms with van der Waals surface area (Å²) in [5.41, 5.74) is 1.53. The molecule has 0 fully saturated rings. The molecule has 0 aliphatic heterocycles. The molecule has 0 N–H and O–H groups in total. The average Bonchev–Trinajstić information content (AvgIpc) is 2.80. The highest BCUT2D eigenvalue weighted by molar-refractivity contribution is 5.88. The van der Waals surface area contributed by atoms with Gasteiger partial charge in [-0.25, -0.2) is 22.0 Å². The predicted octanol–water partition coefficient (Wildman–Crippen LogP) is 7.55. The van der Waals surface area contributed by atoms with Crippen molar-refractivity contribution in [3.8, 4) is 16.9 Å². The number of benzene rings is 4. The lowest BCUT2D eigenvalue weighted by atomic mass is 9.97. The Morgan fingerprint density at radius 1 is 0.727 bits per heavy atom. The van der Waals surface area contributed by atoms with E-state index < -0.39 is 29.1 Å². The van der Waals surface area contributed by atoms with E-state index in [4.69, 9.17) is 4.74 Å². The molecule has 0 radical (unpaired) electrons. The lowest BCUT2D eigenvalue weighted by Crippen LogP contribution is -1.99. The lowest BCUT2D eigenvalue weighted by molar-refractivity contribution is 0.361. The molecule has 33 heavy (non-hydrogen) atoms. The van der Waals surface area contributed by atoms with Crippen LogP contribution in [0.4, 0.5) is 22.0 Å². The number of hydrogen-bond acceptors (Lipinski definition) is 1. The number of fused-ring (bicyclic) bond motifs is 1. The molecule has 0 saturated heterocycles. The fourth-order valence-corrected chi connectivity index (χ4v) is 3.70. The minimum Gasteiger partial charge on any atom is -0.489 e. The van der Waals surface area contributed by atoms with Crippen LogP contribution in [0.1, 0.15) is 11.1 Å². The lowest BCUT2D eigenvalue weighted by Gasteiger charge is -2.11. The first kappa shape index (κ1) is 22.5. The van der Waals surface area contributed by atoms with E-state index in [9.17, 15) is 17.6 Å². The largest absolute Gasteiger partial charge is 0.489 e. The SMILES string of the molecule is C=CCOc1ccc(-c2ccc3c(F)c(CCc4cc(F)c(F)c(F)c4)ccc3c2)c(F)c1. The van der Waals surface area contributed by atoms with E-state index in [-0.39, 0.29) is 25.0 Å². The van der Waals surface area contributed by atoms with Gasteiger partial charge in [-0.3, -0.25) is 0 Å². The maximum atomic E-state index is 15.1. The summed E-state index contributed by atoms with van der Waals surface area (Å²) >= 11 is 0. The molecule has 4 aromatic rings. The van der Waals surface area contributed by atoms with Crippen LogP contribution in [-0.4, -0.2) is 6.61 Å². The van der Waals surface area contributed by atoms with Crippen LogP contribution in [0, 0.1) is 29.1 Å². The van der Waals surface area contributed by atoms with Gasteiger partial charge in [0.1, 0.15) is 24.0 Å². The second-order valence-electron chi connectivity index (χ2n) is 7.59. The molecular weight excluding hydrogens is 435 g/mol. The van der Waals surface area contributed by atoms with Crippen LogP contribution in [-0.2, 0) is 12.8 Å². The van der Waals surface area contributed by atoms with E-state index in [1.165, 1.54) is 6.07 Å². The molecule has 0 aliphatic carbocycles. The number of aryl methyl sites for hydroxylation is 2. The molecule has 168 valence electrons. The molecular formula is C27H19F5O. The fraction of sp³-hybridized carbons (Fsp3) is 0.111. The molecule has 0 saturated carbocycles. The standard InChI is InChI=1S/C27H19F5O/c1-2-11-33-20-8-10-21(23(28)15-20)18-7-9-22-19(14-18)6-5-17(26(22)31)4-3-16-12-24(29)27(32)25(30)13-16/h2,5-10,12-15H,1,3-4,11H2. The van der Waals surface area contributed by atoms with E-state index in [0.29, 0.717) is 33.2 Å². The first-order valence-electron chi connectivity index (χ1n) is 10.3. The van der Waals surface area contributed by atoms with Crippen molar-refractivity contribution in [2.45, 2.75) is 12.8 Å². The van der Waals surface area contributed by atoms with Crippen molar-refractivity contribution < 1.29 is 26.7 Å². The topological polar surface area (TPSA) is 9.23 Å². The summed E-state index contributed by atoms with van der Waals surface area (Å²) < 4.78 is 74.9. The summed E-state index contributed by atoms with van der Waals surface area (Å²) in [7, 11) is 0. The van der Waals surface area contributed by atoms with E-state index in [1.54, 1.807) is 48.5 Å². The van der Waals surface area contributed by atoms with Gasteiger partial charge in [0.05, 0.1) is 0 Å². The van der Waals surface area contributed by atoms with Gasteiger partial charge in [0.15, 0.2) is 17.5 Å². The molecule has 0 atom stereocenters. The summed E-state index contributed by atoms with van der Waals surface area (Å²) in [5.74, 6) is -4.62. The first-order valence-corrected chi connectivity index (χ1v) is 10.3. The Bertz CT molecular complexity index is 1320. The quantitative estimate of drug-likeness (QED) is 0.159. The van der Waals surface area contributed by atoms with Gasteiger partial charge in [0, 0.05) is 17.0 Å². The highest BCUT2D eigenvalue weighted by atomic mass is 19.2. The van der Waals surface area contributed by atoms with Crippen molar-refractivity contribution in [2.24, 2.45) is 0 Å². The molecule has 4 aromatic carbocycles. The van der Waals surface area contributed by atoms with Gasteiger partial charge in [-0.2, -0.15) is 0 Å². The highest BCUT2D eigenvalue weighted by Crippen LogP contribution is 2.31. The maximum Gasteiger partial charge on any atom is 0.194 e. The number of rotatable bonds is 7. The third-order valence-electron chi connectivity index (χ3n) is 5.38. The molecule has 0 unspecified atom stereocenters. The van der Waals surface area contributed by atoms with Crippen LogP contribution in [0.2, 0.25) is 0 Å². The Morgan fingerprint density at radius 2 is 1.48 bits per heavy atom. The van der Waals surface area contributed by atoms with Crippen molar-refractivity contribution in [3.05, 3.63) is 114 Å². The summed E-state index contributed by atoms with van der Waals surface area (Å²) in [6, 6.07) is 14.5. The van der Waals surface area contributed by atoms with Gasteiger partial charge in [0.2, 0.25) is 0 Å². The average molecular weight is 454 g/mol. The van der Waals surface area contributed by atoms with E-state index >= 15 is 4.39 Å². The van der Waals surface area contributed by atoms with Gasteiger partial charge in [-0.05, 0) is 65.3 Å². The number of hydrogen-bond donors (Lipinski definition) is 0. The monoisotopic (exact) mass is 454 g/mol. The summed E-state index contributed by atoms with van der Waals surface area (Å²) in [6.45, 7) is 3.81. The second-order valence-corrected chi connectivity index (χ2v) is 7.59. The molecule has 0 bridgehead atoms. The van der Waals surface area contributed by atoms with Crippen LogP contribution in [0.15, 0.2) is 73.3 Å². The second kappa shape index (κ2) is 9.45. The summed E-state index contributed by atoms with van der Waals surface area (Å²) in [6.07, 6.45) is 1.88. The first-order chi connectivity index (χ1) is 15.9. The smallest absolute Gasteiger partial charge is 0.194 e. The van der Waals surface area contributed by atoms with Gasteiger partial charge in [-0.1, -0.05) is 36.9 Å². The van der Waals surface area contributed by atoms with Gasteiger partial charge < -0.3 is 4.74 Å². The molecule has 0 amide bonds. The van der Waals surface area contributed by atoms with Gasteiger partial charge in [-0.15, -0.1) is 0 Å². The van der Waals surface area contributed by atoms with E-state index in [1.807, 2.05) is 0 Å². The van der Waals surface area contributed by atoms with Crippen LogP contribution in [0.25, 0.3) is 21.9 Å². The van der Waals surface area contributed by atoms with Crippen molar-refractivity contribution in [1.82, 2.24) is 0 Å². The maximum absolute atomic E-state index is 15.1. The van der Waals surface area contributed by atoms with E-state index in [0.717, 1.165) is 12.1 Å². The Kier molecular flexibility index (Phi) is 6.45. The Hall–Kier alpha value is -3.67. The van der Waals surface area contributed by atoms with Crippen LogP contribution >= 0.6 is 0 Å². The zero-order chi connectivity index (χ0) is 23.5. The van der Waals surface area contributed by atoms with E-state index in [2.05, 4.69) is 6.58 Å². The van der Waals surface area contributed by atoms with Crippen LogP contribution in [0.3, 0.4) is 0 Å². The molecule has 4 rings (SSSR count). The zero-order valence-electron chi connectivity index (χ0n) is 17.5. The number of halogens is 5. The van der Waals surface area contributed by atoms with Crippen molar-refractivity contribution in [2.75, 3.05) is 6.61 Å². The van der Waals surface area contributed by atoms with Crippen molar-refractivity contribution in [1.29, 1.82) is 0 Å². The Balaban J connectivity index is 1.58. The summed E-state index contributed by atoms with van der Waals surface area (Å²) in [4.78, 5) is 0.